The van der Waals surface area contributed by atoms with Crippen molar-refractivity contribution in [3.8, 4) is 17.4 Å². The van der Waals surface area contributed by atoms with Gasteiger partial charge in [0.25, 0.3) is 5.88 Å². The third-order valence-corrected chi connectivity index (χ3v) is 2.75. The van der Waals surface area contributed by atoms with Crippen LogP contribution in [0.3, 0.4) is 0 Å². The number of pyridine rings is 2. The summed E-state index contributed by atoms with van der Waals surface area (Å²) in [5.74, 6) is -2.30. The minimum absolute atomic E-state index is 0.0311. The molecule has 0 spiro atoms. The lowest BCUT2D eigenvalue weighted by atomic mass is 10.4. The third kappa shape index (κ3) is 3.94. The SMILES string of the molecule is O=C(O)c1nc2ncc(Oc3ncccc3OCC(F)(F)F)cc2o1. The molecule has 0 saturated carbocycles. The van der Waals surface area contributed by atoms with E-state index < -0.39 is 24.6 Å². The van der Waals surface area contributed by atoms with Gasteiger partial charge in [0.2, 0.25) is 0 Å². The number of ether oxygens (including phenoxy) is 2. The first-order valence-corrected chi connectivity index (χ1v) is 6.64. The molecule has 0 aliphatic carbocycles. The minimum Gasteiger partial charge on any atom is -0.478 e. The number of rotatable bonds is 5. The number of aromatic nitrogens is 3. The van der Waals surface area contributed by atoms with Crippen LogP contribution in [0.15, 0.2) is 35.0 Å². The second-order valence-corrected chi connectivity index (χ2v) is 4.63. The first-order chi connectivity index (χ1) is 11.8. The molecule has 8 nitrogen and oxygen atoms in total. The summed E-state index contributed by atoms with van der Waals surface area (Å²) in [5.41, 5.74) is 0.0721. The molecule has 0 fully saturated rings. The largest absolute Gasteiger partial charge is 0.478 e. The Morgan fingerprint density at radius 2 is 2.12 bits per heavy atom. The van der Waals surface area contributed by atoms with Gasteiger partial charge in [-0.2, -0.15) is 18.2 Å². The number of carbonyl (C=O) groups is 1. The van der Waals surface area contributed by atoms with Crippen LogP contribution in [0.5, 0.6) is 17.4 Å². The van der Waals surface area contributed by atoms with E-state index in [9.17, 15) is 18.0 Å². The number of aromatic carboxylic acids is 1. The van der Waals surface area contributed by atoms with Crippen molar-refractivity contribution < 1.29 is 37.0 Å². The highest BCUT2D eigenvalue weighted by Gasteiger charge is 2.29. The molecule has 25 heavy (non-hydrogen) atoms. The summed E-state index contributed by atoms with van der Waals surface area (Å²) in [6.45, 7) is -1.50. The highest BCUT2D eigenvalue weighted by Crippen LogP contribution is 2.31. The highest BCUT2D eigenvalue weighted by molar-refractivity contribution is 5.85. The predicted molar refractivity (Wildman–Crippen MR) is 74.6 cm³/mol. The molecule has 3 aromatic rings. The van der Waals surface area contributed by atoms with Crippen LogP contribution in [-0.2, 0) is 0 Å². The summed E-state index contributed by atoms with van der Waals surface area (Å²) >= 11 is 0. The molecule has 0 radical (unpaired) electrons. The Hall–Kier alpha value is -3.37. The van der Waals surface area contributed by atoms with Crippen molar-refractivity contribution in [2.75, 3.05) is 6.61 Å². The van der Waals surface area contributed by atoms with Gasteiger partial charge in [0.15, 0.2) is 29.3 Å². The molecule has 3 aromatic heterocycles. The molecule has 3 heterocycles. The van der Waals surface area contributed by atoms with Crippen molar-refractivity contribution >= 4 is 17.2 Å². The maximum Gasteiger partial charge on any atom is 0.422 e. The number of oxazole rings is 1. The Balaban J connectivity index is 1.84. The summed E-state index contributed by atoms with van der Waals surface area (Å²) in [4.78, 5) is 22.1. The monoisotopic (exact) mass is 355 g/mol. The molecule has 0 aromatic carbocycles. The van der Waals surface area contributed by atoms with Crippen molar-refractivity contribution in [1.29, 1.82) is 0 Å². The van der Waals surface area contributed by atoms with Gasteiger partial charge in [0, 0.05) is 12.3 Å². The Morgan fingerprint density at radius 1 is 1.32 bits per heavy atom. The highest BCUT2D eigenvalue weighted by atomic mass is 19.4. The molecule has 0 saturated heterocycles. The second kappa shape index (κ2) is 6.26. The second-order valence-electron chi connectivity index (χ2n) is 4.63. The van der Waals surface area contributed by atoms with Crippen LogP contribution in [0.1, 0.15) is 10.7 Å². The summed E-state index contributed by atoms with van der Waals surface area (Å²) < 4.78 is 51.8. The van der Waals surface area contributed by atoms with Crippen molar-refractivity contribution in [2.24, 2.45) is 0 Å². The van der Waals surface area contributed by atoms with Crippen molar-refractivity contribution in [3.05, 3.63) is 36.5 Å². The molecule has 0 bridgehead atoms. The quantitative estimate of drug-likeness (QED) is 0.744. The summed E-state index contributed by atoms with van der Waals surface area (Å²) in [7, 11) is 0. The molecule has 0 atom stereocenters. The fourth-order valence-electron chi connectivity index (χ4n) is 1.78. The number of nitrogens with zero attached hydrogens (tertiary/aromatic N) is 3. The summed E-state index contributed by atoms with van der Waals surface area (Å²) in [6.07, 6.45) is -2.02. The van der Waals surface area contributed by atoms with Crippen molar-refractivity contribution in [2.45, 2.75) is 6.18 Å². The average Bonchev–Trinajstić information content (AvgIpc) is 2.97. The molecular formula is C14H8F3N3O5. The van der Waals surface area contributed by atoms with Crippen LogP contribution < -0.4 is 9.47 Å². The number of alkyl halides is 3. The van der Waals surface area contributed by atoms with Crippen LogP contribution in [0.2, 0.25) is 0 Å². The number of hydrogen-bond donors (Lipinski definition) is 1. The topological polar surface area (TPSA) is 108 Å². The molecule has 130 valence electrons. The molecule has 1 N–H and O–H groups in total. The van der Waals surface area contributed by atoms with E-state index in [0.29, 0.717) is 0 Å². The maximum absolute atomic E-state index is 12.3. The van der Waals surface area contributed by atoms with Crippen molar-refractivity contribution in [1.82, 2.24) is 15.0 Å². The van der Waals surface area contributed by atoms with Gasteiger partial charge in [0.1, 0.15) is 0 Å². The predicted octanol–water partition coefficient (Wildman–Crippen LogP) is 3.05. The van der Waals surface area contributed by atoms with Crippen LogP contribution in [0, 0.1) is 0 Å². The van der Waals surface area contributed by atoms with E-state index in [-0.39, 0.29) is 28.6 Å². The van der Waals surface area contributed by atoms with Gasteiger partial charge in [-0.3, -0.25) is 0 Å². The molecule has 11 heteroatoms. The minimum atomic E-state index is -4.51. The van der Waals surface area contributed by atoms with Crippen molar-refractivity contribution in [3.63, 3.8) is 0 Å². The number of fused-ring (bicyclic) bond motifs is 1. The lowest BCUT2D eigenvalue weighted by Crippen LogP contribution is -2.19. The van der Waals surface area contributed by atoms with E-state index >= 15 is 0 Å². The zero-order valence-electron chi connectivity index (χ0n) is 12.1. The summed E-state index contributed by atoms with van der Waals surface area (Å²) in [6, 6.07) is 3.93. The lowest BCUT2D eigenvalue weighted by Gasteiger charge is -2.12. The molecule has 0 amide bonds. The zero-order valence-corrected chi connectivity index (χ0v) is 12.1. The van der Waals surface area contributed by atoms with E-state index in [1.54, 1.807) is 0 Å². The maximum atomic E-state index is 12.3. The van der Waals surface area contributed by atoms with Gasteiger partial charge in [-0.15, -0.1) is 0 Å². The van der Waals surface area contributed by atoms with Gasteiger partial charge >= 0.3 is 18.0 Å². The zero-order chi connectivity index (χ0) is 18.0. The van der Waals surface area contributed by atoms with Gasteiger partial charge < -0.3 is 19.0 Å². The fraction of sp³-hybridized carbons (Fsp3) is 0.143. The van der Waals surface area contributed by atoms with E-state index in [1.807, 2.05) is 0 Å². The Morgan fingerprint density at radius 3 is 2.84 bits per heavy atom. The number of hydrogen-bond acceptors (Lipinski definition) is 7. The van der Waals surface area contributed by atoms with Gasteiger partial charge in [-0.1, -0.05) is 0 Å². The van der Waals surface area contributed by atoms with Gasteiger partial charge in [-0.25, -0.2) is 14.8 Å². The average molecular weight is 355 g/mol. The normalized spacial score (nSPS) is 11.5. The number of carboxylic acid groups (broad SMARTS) is 1. The first kappa shape index (κ1) is 16.5. The number of carboxylic acids is 1. The molecular weight excluding hydrogens is 347 g/mol. The molecule has 0 aliphatic heterocycles. The molecule has 0 unspecified atom stereocenters. The van der Waals surface area contributed by atoms with E-state index in [4.69, 9.17) is 14.3 Å². The smallest absolute Gasteiger partial charge is 0.422 e. The van der Waals surface area contributed by atoms with E-state index in [1.165, 1.54) is 30.6 Å². The standard InChI is InChI=1S/C14H8F3N3O5/c15-14(16,17)6-23-8-2-1-3-18-11(8)24-7-4-9-10(19-5-7)20-12(25-9)13(21)22/h1-5H,6H2,(H,21,22). The molecule has 0 aliphatic rings. The van der Waals surface area contributed by atoms with Gasteiger partial charge in [-0.05, 0) is 12.1 Å². The Kier molecular flexibility index (Phi) is 4.13. The van der Waals surface area contributed by atoms with Crippen LogP contribution in [0.25, 0.3) is 11.2 Å². The number of halogens is 3. The van der Waals surface area contributed by atoms with Gasteiger partial charge in [0.05, 0.1) is 6.20 Å². The van der Waals surface area contributed by atoms with E-state index in [2.05, 4.69) is 19.7 Å². The molecule has 3 rings (SSSR count). The van der Waals surface area contributed by atoms with E-state index in [0.717, 1.165) is 0 Å². The third-order valence-electron chi connectivity index (χ3n) is 2.75. The van der Waals surface area contributed by atoms with Crippen LogP contribution in [-0.4, -0.2) is 38.8 Å². The Bertz CT molecular complexity index is 925. The summed E-state index contributed by atoms with van der Waals surface area (Å²) in [5, 5.41) is 8.82. The Labute approximate surface area is 136 Å². The lowest BCUT2D eigenvalue weighted by molar-refractivity contribution is -0.153. The fourth-order valence-corrected chi connectivity index (χ4v) is 1.78. The van der Waals surface area contributed by atoms with Crippen LogP contribution >= 0.6 is 0 Å². The first-order valence-electron chi connectivity index (χ1n) is 6.64. The van der Waals surface area contributed by atoms with Crippen LogP contribution in [0.4, 0.5) is 13.2 Å².